The largest absolute Gasteiger partial charge is 0.496 e. The van der Waals surface area contributed by atoms with Crippen molar-refractivity contribution in [2.45, 2.75) is 13.0 Å². The normalized spacial score (nSPS) is 17.7. The number of nitrogens with zero attached hydrogens (tertiary/aromatic N) is 1. The maximum atomic E-state index is 5.75. The summed E-state index contributed by atoms with van der Waals surface area (Å²) >= 11 is 0. The van der Waals surface area contributed by atoms with Gasteiger partial charge in [0.05, 0.1) is 13.7 Å². The molecule has 0 spiro atoms. The lowest BCUT2D eigenvalue weighted by atomic mass is 10.1. The molecule has 1 aliphatic rings. The molecule has 2 rings (SSSR count). The van der Waals surface area contributed by atoms with E-state index in [0.717, 1.165) is 50.7 Å². The summed E-state index contributed by atoms with van der Waals surface area (Å²) in [5, 5.41) is 0. The van der Waals surface area contributed by atoms with E-state index in [0.29, 0.717) is 0 Å². The van der Waals surface area contributed by atoms with Crippen molar-refractivity contribution in [3.63, 3.8) is 0 Å². The van der Waals surface area contributed by atoms with Crippen molar-refractivity contribution in [1.82, 2.24) is 4.90 Å². The molecule has 0 atom stereocenters. The van der Waals surface area contributed by atoms with Crippen molar-refractivity contribution in [1.29, 1.82) is 0 Å². The van der Waals surface area contributed by atoms with Crippen LogP contribution in [-0.4, -0.2) is 38.3 Å². The summed E-state index contributed by atoms with van der Waals surface area (Å²) in [5.74, 6) is 0.871. The number of hydrogen-bond donors (Lipinski definition) is 1. The predicted octanol–water partition coefficient (Wildman–Crippen LogP) is 1.50. The van der Waals surface area contributed by atoms with Gasteiger partial charge in [-0.2, -0.15) is 0 Å². The van der Waals surface area contributed by atoms with Crippen LogP contribution >= 0.6 is 0 Å². The van der Waals surface area contributed by atoms with E-state index in [1.54, 1.807) is 7.11 Å². The van der Waals surface area contributed by atoms with Gasteiger partial charge in [-0.25, -0.2) is 0 Å². The fourth-order valence-electron chi connectivity index (χ4n) is 2.09. The Bertz CT molecular complexity index is 360. The Kier molecular flexibility index (Phi) is 4.23. The summed E-state index contributed by atoms with van der Waals surface area (Å²) in [6.45, 7) is 4.64. The number of methoxy groups -OCH3 is 1. The zero-order valence-electron chi connectivity index (χ0n) is 10.3. The van der Waals surface area contributed by atoms with Crippen molar-refractivity contribution in [2.24, 2.45) is 0 Å². The lowest BCUT2D eigenvalue weighted by Gasteiger charge is -2.20. The zero-order valence-corrected chi connectivity index (χ0v) is 10.3. The summed E-state index contributed by atoms with van der Waals surface area (Å²) in [6, 6.07) is 5.84. The van der Waals surface area contributed by atoms with Gasteiger partial charge in [-0.15, -0.1) is 0 Å². The molecule has 0 amide bonds. The van der Waals surface area contributed by atoms with E-state index in [9.17, 15) is 0 Å². The van der Waals surface area contributed by atoms with Gasteiger partial charge < -0.3 is 15.2 Å². The molecule has 1 fully saturated rings. The maximum absolute atomic E-state index is 5.75. The minimum atomic E-state index is 0.741. The average Bonchev–Trinajstić information content (AvgIpc) is 2.60. The topological polar surface area (TPSA) is 47.7 Å². The van der Waals surface area contributed by atoms with E-state index < -0.39 is 0 Å². The first-order chi connectivity index (χ1) is 8.29. The summed E-state index contributed by atoms with van der Waals surface area (Å²) < 4.78 is 10.8. The van der Waals surface area contributed by atoms with Crippen LogP contribution in [0.5, 0.6) is 5.75 Å². The Balaban J connectivity index is 2.06. The summed E-state index contributed by atoms with van der Waals surface area (Å²) in [5.41, 5.74) is 7.67. The van der Waals surface area contributed by atoms with Gasteiger partial charge in [0.2, 0.25) is 0 Å². The number of nitrogen functional groups attached to an aromatic ring is 1. The van der Waals surface area contributed by atoms with E-state index in [4.69, 9.17) is 15.2 Å². The second-order valence-electron chi connectivity index (χ2n) is 4.31. The van der Waals surface area contributed by atoms with Crippen molar-refractivity contribution in [3.8, 4) is 5.75 Å². The zero-order chi connectivity index (χ0) is 12.1. The fourth-order valence-corrected chi connectivity index (χ4v) is 2.09. The van der Waals surface area contributed by atoms with Gasteiger partial charge in [0.1, 0.15) is 5.75 Å². The van der Waals surface area contributed by atoms with E-state index in [1.165, 1.54) is 5.56 Å². The molecule has 0 aromatic heterocycles. The number of ether oxygens (including phenoxy) is 2. The third kappa shape index (κ3) is 3.35. The monoisotopic (exact) mass is 236 g/mol. The maximum Gasteiger partial charge on any atom is 0.125 e. The molecule has 1 saturated heterocycles. The molecule has 4 nitrogen and oxygen atoms in total. The highest BCUT2D eigenvalue weighted by molar-refractivity contribution is 5.48. The Hall–Kier alpha value is -1.26. The van der Waals surface area contributed by atoms with Crippen LogP contribution < -0.4 is 10.5 Å². The average molecular weight is 236 g/mol. The van der Waals surface area contributed by atoms with Gasteiger partial charge >= 0.3 is 0 Å². The first kappa shape index (κ1) is 12.2. The quantitative estimate of drug-likeness (QED) is 0.808. The van der Waals surface area contributed by atoms with Gasteiger partial charge in [-0.05, 0) is 12.5 Å². The highest BCUT2D eigenvalue weighted by Gasteiger charge is 2.12. The third-order valence-corrected chi connectivity index (χ3v) is 3.02. The lowest BCUT2D eigenvalue weighted by Crippen LogP contribution is -2.26. The smallest absolute Gasteiger partial charge is 0.125 e. The van der Waals surface area contributed by atoms with E-state index in [1.807, 2.05) is 18.2 Å². The van der Waals surface area contributed by atoms with E-state index in [2.05, 4.69) is 4.90 Å². The molecule has 0 radical (unpaired) electrons. The molecule has 0 bridgehead atoms. The fraction of sp³-hybridized carbons (Fsp3) is 0.538. The van der Waals surface area contributed by atoms with Crippen LogP contribution in [0.1, 0.15) is 12.0 Å². The van der Waals surface area contributed by atoms with Crippen LogP contribution in [-0.2, 0) is 11.3 Å². The SMILES string of the molecule is COc1cc(N)ccc1CN1CCCOCC1. The summed E-state index contributed by atoms with van der Waals surface area (Å²) in [4.78, 5) is 2.39. The Labute approximate surface area is 102 Å². The van der Waals surface area contributed by atoms with E-state index in [-0.39, 0.29) is 0 Å². The standard InChI is InChI=1S/C13H20N2O2/c1-16-13-9-12(14)4-3-11(13)10-15-5-2-7-17-8-6-15/h3-4,9H,2,5-8,10,14H2,1H3. The van der Waals surface area contributed by atoms with Crippen molar-refractivity contribution < 1.29 is 9.47 Å². The van der Waals surface area contributed by atoms with Gasteiger partial charge in [0.25, 0.3) is 0 Å². The third-order valence-electron chi connectivity index (χ3n) is 3.02. The molecule has 0 unspecified atom stereocenters. The Morgan fingerprint density at radius 1 is 1.35 bits per heavy atom. The molecular formula is C13H20N2O2. The molecule has 0 saturated carbocycles. The summed E-state index contributed by atoms with van der Waals surface area (Å²) in [7, 11) is 1.68. The van der Waals surface area contributed by atoms with Gasteiger partial charge in [0, 0.05) is 43.6 Å². The van der Waals surface area contributed by atoms with Crippen molar-refractivity contribution in [2.75, 3.05) is 39.1 Å². The molecule has 1 aromatic rings. The second kappa shape index (κ2) is 5.89. The molecule has 2 N–H and O–H groups in total. The van der Waals surface area contributed by atoms with Gasteiger partial charge in [0.15, 0.2) is 0 Å². The number of anilines is 1. The van der Waals surface area contributed by atoms with E-state index >= 15 is 0 Å². The first-order valence-electron chi connectivity index (χ1n) is 6.02. The van der Waals surface area contributed by atoms with Crippen LogP contribution in [0.2, 0.25) is 0 Å². The van der Waals surface area contributed by atoms with Crippen molar-refractivity contribution >= 4 is 5.69 Å². The first-order valence-corrected chi connectivity index (χ1v) is 6.02. The molecule has 0 aliphatic carbocycles. The van der Waals surface area contributed by atoms with Crippen LogP contribution in [0, 0.1) is 0 Å². The van der Waals surface area contributed by atoms with Crippen LogP contribution in [0.3, 0.4) is 0 Å². The lowest BCUT2D eigenvalue weighted by molar-refractivity contribution is 0.140. The highest BCUT2D eigenvalue weighted by Crippen LogP contribution is 2.23. The summed E-state index contributed by atoms with van der Waals surface area (Å²) in [6.07, 6.45) is 1.09. The number of nitrogens with two attached hydrogens (primary N) is 1. The number of benzene rings is 1. The second-order valence-corrected chi connectivity index (χ2v) is 4.31. The number of rotatable bonds is 3. The molecule has 1 aliphatic heterocycles. The Morgan fingerprint density at radius 3 is 3.06 bits per heavy atom. The molecule has 17 heavy (non-hydrogen) atoms. The van der Waals surface area contributed by atoms with Crippen LogP contribution in [0.15, 0.2) is 18.2 Å². The highest BCUT2D eigenvalue weighted by atomic mass is 16.5. The van der Waals surface area contributed by atoms with Crippen LogP contribution in [0.25, 0.3) is 0 Å². The minimum absolute atomic E-state index is 0.741. The molecule has 1 heterocycles. The van der Waals surface area contributed by atoms with Crippen molar-refractivity contribution in [3.05, 3.63) is 23.8 Å². The molecule has 4 heteroatoms. The molecule has 94 valence electrons. The molecular weight excluding hydrogens is 216 g/mol. The minimum Gasteiger partial charge on any atom is -0.496 e. The van der Waals surface area contributed by atoms with Gasteiger partial charge in [-0.1, -0.05) is 6.07 Å². The van der Waals surface area contributed by atoms with Crippen LogP contribution in [0.4, 0.5) is 5.69 Å². The Morgan fingerprint density at radius 2 is 2.24 bits per heavy atom. The number of hydrogen-bond acceptors (Lipinski definition) is 4. The molecule has 1 aromatic carbocycles. The van der Waals surface area contributed by atoms with Gasteiger partial charge in [-0.3, -0.25) is 4.90 Å². The predicted molar refractivity (Wildman–Crippen MR) is 68.1 cm³/mol.